The lowest BCUT2D eigenvalue weighted by Crippen LogP contribution is -2.43. The van der Waals surface area contributed by atoms with E-state index >= 15 is 0 Å². The van der Waals surface area contributed by atoms with E-state index in [2.05, 4.69) is 55.0 Å². The van der Waals surface area contributed by atoms with Crippen molar-refractivity contribution in [2.45, 2.75) is 52.5 Å². The number of hydrogen-bond acceptors (Lipinski definition) is 3. The van der Waals surface area contributed by atoms with E-state index in [0.29, 0.717) is 0 Å². The molecule has 0 radical (unpaired) electrons. The van der Waals surface area contributed by atoms with Crippen LogP contribution in [0.4, 0.5) is 0 Å². The van der Waals surface area contributed by atoms with Crippen LogP contribution in [0, 0.1) is 5.92 Å². The summed E-state index contributed by atoms with van der Waals surface area (Å²) >= 11 is 0. The molecule has 3 nitrogen and oxygen atoms in total. The third-order valence-electron chi connectivity index (χ3n) is 4.87. The Morgan fingerprint density at radius 2 is 1.58 bits per heavy atom. The third kappa shape index (κ3) is 7.67. The van der Waals surface area contributed by atoms with E-state index in [4.69, 9.17) is 4.74 Å². The van der Waals surface area contributed by atoms with Gasteiger partial charge in [-0.3, -0.25) is 4.90 Å². The zero-order valence-electron chi connectivity index (χ0n) is 16.0. The molecule has 0 saturated carbocycles. The van der Waals surface area contributed by atoms with Crippen molar-refractivity contribution in [2.75, 3.05) is 39.8 Å². The van der Waals surface area contributed by atoms with Crippen molar-refractivity contribution in [3.05, 3.63) is 29.8 Å². The van der Waals surface area contributed by atoms with E-state index in [1.165, 1.54) is 63.8 Å². The van der Waals surface area contributed by atoms with Crippen LogP contribution in [0.1, 0.15) is 51.5 Å². The number of piperazine rings is 1. The van der Waals surface area contributed by atoms with Gasteiger partial charge in [-0.15, -0.1) is 0 Å². The monoisotopic (exact) mass is 332 g/mol. The van der Waals surface area contributed by atoms with Crippen LogP contribution in [-0.2, 0) is 6.54 Å². The molecule has 0 spiro atoms. The molecule has 1 heterocycles. The van der Waals surface area contributed by atoms with Gasteiger partial charge in [-0.05, 0) is 37.1 Å². The maximum absolute atomic E-state index is 5.87. The summed E-state index contributed by atoms with van der Waals surface area (Å²) in [4.78, 5) is 4.93. The first kappa shape index (κ1) is 19.3. The van der Waals surface area contributed by atoms with Crippen LogP contribution in [0.2, 0.25) is 0 Å². The fourth-order valence-corrected chi connectivity index (χ4v) is 3.15. The number of likely N-dealkylation sites (N-methyl/N-ethyl adjacent to an activating group) is 1. The standard InChI is InChI=1S/C21H36N2O/c1-19(2)8-6-4-5-7-17-24-21-11-9-20(10-12-21)18-23-15-13-22(3)14-16-23/h9-12,19H,4-8,13-18H2,1-3H3. The molecule has 0 N–H and O–H groups in total. The summed E-state index contributed by atoms with van der Waals surface area (Å²) in [6.45, 7) is 11.2. The molecule has 24 heavy (non-hydrogen) atoms. The summed E-state index contributed by atoms with van der Waals surface area (Å²) in [6, 6.07) is 8.70. The summed E-state index contributed by atoms with van der Waals surface area (Å²) in [5.41, 5.74) is 1.39. The van der Waals surface area contributed by atoms with E-state index in [1.54, 1.807) is 0 Å². The summed E-state index contributed by atoms with van der Waals surface area (Å²) in [5, 5.41) is 0. The second-order valence-corrected chi connectivity index (χ2v) is 7.67. The number of hydrogen-bond donors (Lipinski definition) is 0. The number of rotatable bonds is 10. The molecule has 2 rings (SSSR count). The van der Waals surface area contributed by atoms with E-state index in [-0.39, 0.29) is 0 Å². The fourth-order valence-electron chi connectivity index (χ4n) is 3.15. The first-order valence-electron chi connectivity index (χ1n) is 9.76. The molecular weight excluding hydrogens is 296 g/mol. The van der Waals surface area contributed by atoms with Crippen molar-refractivity contribution in [2.24, 2.45) is 5.92 Å². The largest absolute Gasteiger partial charge is 0.494 e. The number of benzene rings is 1. The number of ether oxygens (including phenoxy) is 1. The Morgan fingerprint density at radius 3 is 2.25 bits per heavy atom. The molecule has 0 bridgehead atoms. The molecule has 1 saturated heterocycles. The predicted molar refractivity (Wildman–Crippen MR) is 103 cm³/mol. The van der Waals surface area contributed by atoms with Gasteiger partial charge >= 0.3 is 0 Å². The van der Waals surface area contributed by atoms with Crippen LogP contribution in [0.25, 0.3) is 0 Å². The average Bonchev–Trinajstić information content (AvgIpc) is 2.57. The zero-order valence-corrected chi connectivity index (χ0v) is 16.0. The molecule has 1 fully saturated rings. The van der Waals surface area contributed by atoms with Gasteiger partial charge in [-0.25, -0.2) is 0 Å². The predicted octanol–water partition coefficient (Wildman–Crippen LogP) is 4.42. The van der Waals surface area contributed by atoms with Gasteiger partial charge in [-0.1, -0.05) is 51.7 Å². The van der Waals surface area contributed by atoms with Crippen LogP contribution in [0.15, 0.2) is 24.3 Å². The van der Waals surface area contributed by atoms with Gasteiger partial charge < -0.3 is 9.64 Å². The maximum Gasteiger partial charge on any atom is 0.119 e. The van der Waals surface area contributed by atoms with Crippen molar-refractivity contribution in [1.82, 2.24) is 9.80 Å². The first-order chi connectivity index (χ1) is 11.6. The summed E-state index contributed by atoms with van der Waals surface area (Å²) < 4.78 is 5.87. The Bertz CT molecular complexity index is 436. The highest BCUT2D eigenvalue weighted by Crippen LogP contribution is 2.15. The zero-order chi connectivity index (χ0) is 17.2. The Labute approximate surface area is 149 Å². The summed E-state index contributed by atoms with van der Waals surface area (Å²) in [7, 11) is 2.20. The highest BCUT2D eigenvalue weighted by molar-refractivity contribution is 5.27. The van der Waals surface area contributed by atoms with Crippen LogP contribution >= 0.6 is 0 Å². The van der Waals surface area contributed by atoms with Crippen molar-refractivity contribution < 1.29 is 4.74 Å². The van der Waals surface area contributed by atoms with Gasteiger partial charge in [0.25, 0.3) is 0 Å². The van der Waals surface area contributed by atoms with Crippen LogP contribution in [0.5, 0.6) is 5.75 Å². The number of unbranched alkanes of at least 4 members (excludes halogenated alkanes) is 3. The van der Waals surface area contributed by atoms with E-state index in [1.807, 2.05) is 0 Å². The van der Waals surface area contributed by atoms with Gasteiger partial charge in [0.1, 0.15) is 5.75 Å². The molecule has 1 aromatic rings. The van der Waals surface area contributed by atoms with E-state index in [9.17, 15) is 0 Å². The lowest BCUT2D eigenvalue weighted by molar-refractivity contribution is 0.148. The Hall–Kier alpha value is -1.06. The van der Waals surface area contributed by atoms with Crippen LogP contribution in [0.3, 0.4) is 0 Å². The lowest BCUT2D eigenvalue weighted by atomic mass is 10.0. The van der Waals surface area contributed by atoms with Crippen LogP contribution < -0.4 is 4.74 Å². The molecule has 0 aliphatic carbocycles. The van der Waals surface area contributed by atoms with Crippen LogP contribution in [-0.4, -0.2) is 49.6 Å². The molecule has 136 valence electrons. The van der Waals surface area contributed by atoms with Gasteiger partial charge in [0.2, 0.25) is 0 Å². The summed E-state index contributed by atoms with van der Waals surface area (Å²) in [5.74, 6) is 1.85. The quantitative estimate of drug-likeness (QED) is 0.590. The third-order valence-corrected chi connectivity index (χ3v) is 4.87. The second-order valence-electron chi connectivity index (χ2n) is 7.67. The molecular formula is C21H36N2O. The van der Waals surface area contributed by atoms with Crippen molar-refractivity contribution in [3.63, 3.8) is 0 Å². The first-order valence-corrected chi connectivity index (χ1v) is 9.76. The van der Waals surface area contributed by atoms with Gasteiger partial charge in [0.15, 0.2) is 0 Å². The molecule has 1 aliphatic heterocycles. The topological polar surface area (TPSA) is 15.7 Å². The molecule has 0 amide bonds. The fraction of sp³-hybridized carbons (Fsp3) is 0.714. The molecule has 1 aliphatic rings. The Morgan fingerprint density at radius 1 is 0.917 bits per heavy atom. The maximum atomic E-state index is 5.87. The van der Waals surface area contributed by atoms with Gasteiger partial charge in [0.05, 0.1) is 6.61 Å². The molecule has 1 aromatic carbocycles. The van der Waals surface area contributed by atoms with Crippen molar-refractivity contribution in [3.8, 4) is 5.75 Å². The summed E-state index contributed by atoms with van der Waals surface area (Å²) in [6.07, 6.45) is 6.51. The highest BCUT2D eigenvalue weighted by Gasteiger charge is 2.13. The van der Waals surface area contributed by atoms with E-state index < -0.39 is 0 Å². The molecule has 3 heteroatoms. The highest BCUT2D eigenvalue weighted by atomic mass is 16.5. The normalized spacial score (nSPS) is 16.7. The van der Waals surface area contributed by atoms with E-state index in [0.717, 1.165) is 24.8 Å². The lowest BCUT2D eigenvalue weighted by Gasteiger charge is -2.32. The van der Waals surface area contributed by atoms with Gasteiger partial charge in [0, 0.05) is 32.7 Å². The van der Waals surface area contributed by atoms with Crippen molar-refractivity contribution >= 4 is 0 Å². The van der Waals surface area contributed by atoms with Crippen molar-refractivity contribution in [1.29, 1.82) is 0 Å². The smallest absolute Gasteiger partial charge is 0.119 e. The van der Waals surface area contributed by atoms with Gasteiger partial charge in [-0.2, -0.15) is 0 Å². The number of nitrogens with zero attached hydrogens (tertiary/aromatic N) is 2. The Kier molecular flexibility index (Phi) is 8.62. The minimum Gasteiger partial charge on any atom is -0.494 e. The average molecular weight is 333 g/mol. The Balaban J connectivity index is 1.58. The molecule has 0 aromatic heterocycles. The SMILES string of the molecule is CC(C)CCCCCCOc1ccc(CN2CCN(C)CC2)cc1. The second kappa shape index (κ2) is 10.7. The minimum absolute atomic E-state index is 0.839. The molecule has 0 unspecified atom stereocenters. The molecule has 0 atom stereocenters. The minimum atomic E-state index is 0.839.